The molecule has 1 aliphatic rings. The van der Waals surface area contributed by atoms with E-state index in [1.807, 2.05) is 36.4 Å². The Morgan fingerprint density at radius 2 is 1.29 bits per heavy atom. The van der Waals surface area contributed by atoms with Gasteiger partial charge < -0.3 is 0 Å². The van der Waals surface area contributed by atoms with Crippen LogP contribution in [0.4, 0.5) is 0 Å². The fraction of sp³-hybridized carbons (Fsp3) is 0.258. The third-order valence-corrected chi connectivity index (χ3v) is 10.8. The molecule has 0 atom stereocenters. The van der Waals surface area contributed by atoms with Crippen LogP contribution in [0, 0.1) is 0 Å². The fourth-order valence-electron chi connectivity index (χ4n) is 4.39. The number of rotatable bonds is 4. The Kier molecular flexibility index (Phi) is 11.8. The number of hydrogen-bond donors (Lipinski definition) is 0. The minimum atomic E-state index is -2.44. The molecule has 4 aromatic rings. The van der Waals surface area contributed by atoms with Crippen LogP contribution in [0.2, 0.25) is 0 Å². The summed E-state index contributed by atoms with van der Waals surface area (Å²) in [4.78, 5) is 0. The minimum absolute atomic E-state index is 1.15. The molecule has 0 unspecified atom stereocenters. The van der Waals surface area contributed by atoms with Crippen LogP contribution in [0.5, 0.6) is 0 Å². The van der Waals surface area contributed by atoms with Gasteiger partial charge in [-0.1, -0.05) is 52.4 Å². The molecular weight excluding hydrogens is 534 g/mol. The monoisotopic (exact) mass is 566 g/mol. The van der Waals surface area contributed by atoms with Crippen LogP contribution in [-0.2, 0) is 44.6 Å². The molecule has 34 heavy (non-hydrogen) atoms. The normalized spacial score (nSPS) is 11.9. The maximum Gasteiger partial charge on any atom is -0.0512 e. The molecule has 1 aliphatic carbocycles. The summed E-state index contributed by atoms with van der Waals surface area (Å²) >= 11 is -2.44. The van der Waals surface area contributed by atoms with Crippen molar-refractivity contribution >= 4 is 20.2 Å². The van der Waals surface area contributed by atoms with Crippen molar-refractivity contribution in [3.8, 4) is 0 Å². The molecule has 0 saturated carbocycles. The van der Waals surface area contributed by atoms with Crippen LogP contribution < -0.4 is 0 Å². The number of halogens is 2. The van der Waals surface area contributed by atoms with Crippen molar-refractivity contribution < 1.29 is 18.9 Å². The van der Waals surface area contributed by atoms with E-state index in [2.05, 4.69) is 74.5 Å². The quantitative estimate of drug-likeness (QED) is 0.216. The summed E-state index contributed by atoms with van der Waals surface area (Å²) in [5.74, 6) is 0. The van der Waals surface area contributed by atoms with Crippen molar-refractivity contribution in [1.82, 2.24) is 0 Å². The van der Waals surface area contributed by atoms with Crippen LogP contribution in [0.15, 0.2) is 97.1 Å². The largest absolute Gasteiger partial charge is 0.210 e. The van der Waals surface area contributed by atoms with Gasteiger partial charge in [0.2, 0.25) is 0 Å². The van der Waals surface area contributed by atoms with Gasteiger partial charge in [0, 0.05) is 0 Å². The van der Waals surface area contributed by atoms with Gasteiger partial charge in [0.15, 0.2) is 0 Å². The van der Waals surface area contributed by atoms with Crippen molar-refractivity contribution in [3.05, 3.63) is 130 Å². The molecule has 0 bridgehead atoms. The molecule has 0 amide bonds. The second-order valence-corrected chi connectivity index (χ2v) is 16.6. The zero-order chi connectivity index (χ0) is 24.2. The minimum Gasteiger partial charge on any atom is -0.210 e. The van der Waals surface area contributed by atoms with Gasteiger partial charge in [-0.15, -0.1) is 0 Å². The van der Waals surface area contributed by atoms with Gasteiger partial charge in [0.1, 0.15) is 0 Å². The topological polar surface area (TPSA) is 0 Å². The molecule has 0 spiro atoms. The van der Waals surface area contributed by atoms with Gasteiger partial charge in [-0.25, -0.2) is 6.07 Å². The fourth-order valence-corrected chi connectivity index (χ4v) is 8.87. The number of hydrogen-bond acceptors (Lipinski definition) is 0. The molecule has 0 aliphatic heterocycles. The van der Waals surface area contributed by atoms with Crippen molar-refractivity contribution in [3.63, 3.8) is 0 Å². The van der Waals surface area contributed by atoms with Gasteiger partial charge in [0.05, 0.1) is 0 Å². The maximum atomic E-state index is 6.24. The van der Waals surface area contributed by atoms with E-state index in [4.69, 9.17) is 17.0 Å². The van der Waals surface area contributed by atoms with Crippen molar-refractivity contribution in [2.45, 2.75) is 52.4 Å². The average Bonchev–Trinajstić information content (AvgIpc) is 3.55. The average molecular weight is 569 g/mol. The Hall–Kier alpha value is -1.53. The van der Waals surface area contributed by atoms with Crippen LogP contribution in [0.25, 0.3) is 0 Å². The van der Waals surface area contributed by atoms with E-state index >= 15 is 0 Å². The molecular formula is C31H34Cl2Zr-2. The van der Waals surface area contributed by atoms with Gasteiger partial charge in [-0.05, 0) is 0 Å². The van der Waals surface area contributed by atoms with E-state index in [9.17, 15) is 0 Å². The molecule has 0 heterocycles. The molecule has 5 rings (SSSR count). The zero-order valence-electron chi connectivity index (χ0n) is 20.2. The molecule has 0 saturated heterocycles. The number of aryl methyl sites for hydroxylation is 4. The van der Waals surface area contributed by atoms with Gasteiger partial charge in [-0.3, -0.25) is 0 Å². The summed E-state index contributed by atoms with van der Waals surface area (Å²) in [5.41, 5.74) is 8.51. The van der Waals surface area contributed by atoms with Crippen LogP contribution in [-0.4, -0.2) is 3.21 Å². The Balaban J connectivity index is 0.000000153. The third kappa shape index (κ3) is 8.01. The first-order chi connectivity index (χ1) is 16.6. The molecule has 178 valence electrons. The first-order valence-electron chi connectivity index (χ1n) is 12.3. The molecule has 0 fully saturated rings. The number of fused-ring (bicyclic) bond motifs is 1. The molecule has 3 heteroatoms. The summed E-state index contributed by atoms with van der Waals surface area (Å²) in [6.45, 7) is 4.41. The molecule has 4 aromatic carbocycles. The summed E-state index contributed by atoms with van der Waals surface area (Å²) in [7, 11) is 12.5. The Bertz CT molecular complexity index is 1030. The molecule has 0 N–H and O–H groups in total. The van der Waals surface area contributed by atoms with E-state index in [1.165, 1.54) is 49.7 Å². The van der Waals surface area contributed by atoms with E-state index in [0.29, 0.717) is 0 Å². The van der Waals surface area contributed by atoms with E-state index in [-0.39, 0.29) is 0 Å². The first kappa shape index (κ1) is 27.1. The van der Waals surface area contributed by atoms with E-state index < -0.39 is 18.9 Å². The molecule has 0 aromatic heterocycles. The third-order valence-electron chi connectivity index (χ3n) is 6.23. The van der Waals surface area contributed by atoms with Crippen LogP contribution >= 0.6 is 17.0 Å². The summed E-state index contributed by atoms with van der Waals surface area (Å²) in [6, 6.07) is 33.5. The smallest absolute Gasteiger partial charge is 0.0512 e. The molecule has 0 nitrogen and oxygen atoms in total. The summed E-state index contributed by atoms with van der Waals surface area (Å²) in [6.07, 6.45) is 7.80. The Morgan fingerprint density at radius 3 is 1.76 bits per heavy atom. The van der Waals surface area contributed by atoms with Crippen LogP contribution in [0.3, 0.4) is 0 Å². The maximum absolute atomic E-state index is 6.24. The first-order valence-corrected chi connectivity index (χ1v) is 19.8. The van der Waals surface area contributed by atoms with Gasteiger partial charge in [-0.2, -0.15) is 52.6 Å². The second kappa shape index (κ2) is 14.8. The Morgan fingerprint density at radius 1 is 0.765 bits per heavy atom. The van der Waals surface area contributed by atoms with Gasteiger partial charge >= 0.3 is 111 Å². The SMILES string of the molecule is CCc1c[cH-]cc1CC.[Cl][Zr]([Cl])=[C](c1ccccc1)c1ccccc1.c1cc2c([cH-]1)CCCC2. The zero-order valence-corrected chi connectivity index (χ0v) is 24.2. The Labute approximate surface area is 220 Å². The van der Waals surface area contributed by atoms with Gasteiger partial charge in [0.25, 0.3) is 0 Å². The van der Waals surface area contributed by atoms with Crippen molar-refractivity contribution in [2.24, 2.45) is 0 Å². The second-order valence-electron chi connectivity index (χ2n) is 8.43. The van der Waals surface area contributed by atoms with Crippen LogP contribution in [0.1, 0.15) is 60.1 Å². The summed E-state index contributed by atoms with van der Waals surface area (Å²) < 4.78 is 1.15. The summed E-state index contributed by atoms with van der Waals surface area (Å²) in [5, 5.41) is 0. The van der Waals surface area contributed by atoms with Crippen molar-refractivity contribution in [2.75, 3.05) is 0 Å². The predicted octanol–water partition coefficient (Wildman–Crippen LogP) is 9.00. The predicted molar refractivity (Wildman–Crippen MR) is 147 cm³/mol. The van der Waals surface area contributed by atoms with E-state index in [1.54, 1.807) is 11.1 Å². The van der Waals surface area contributed by atoms with E-state index in [0.717, 1.165) is 14.3 Å². The standard InChI is InChI=1S/C13H10.C9H11.C9H13.2ClH.Zr/c1-3-7-12(8-4-1)11-13-9-5-2-6-10-13;1-2-5-9-7-3-6-8(9)4-1;1-3-8-6-5-7-9(8)4-2;;;/h1-10H;3,6-7H,1-2,4-5H2;5-7H,3-4H2,1-2H3;2*1H;/q;2*-1;;;+2/p-2. The number of benzene rings is 2. The van der Waals surface area contributed by atoms with Crippen molar-refractivity contribution in [1.29, 1.82) is 0 Å². The molecule has 0 radical (unpaired) electrons.